The van der Waals surface area contributed by atoms with E-state index in [-0.39, 0.29) is 18.3 Å². The lowest BCUT2D eigenvalue weighted by Crippen LogP contribution is -2.18. The van der Waals surface area contributed by atoms with E-state index in [1.165, 1.54) is 16.0 Å². The molecule has 0 unspecified atom stereocenters. The zero-order valence-corrected chi connectivity index (χ0v) is 19.3. The second-order valence-electron chi connectivity index (χ2n) is 7.00. The fourth-order valence-electron chi connectivity index (χ4n) is 3.59. The van der Waals surface area contributed by atoms with E-state index in [9.17, 15) is 9.59 Å². The van der Waals surface area contributed by atoms with Crippen molar-refractivity contribution in [2.45, 2.75) is 31.3 Å². The van der Waals surface area contributed by atoms with E-state index in [0.717, 1.165) is 41.5 Å². The average Bonchev–Trinajstić information content (AvgIpc) is 3.47. The number of para-hydroxylation sites is 1. The van der Waals surface area contributed by atoms with Gasteiger partial charge in [-0.1, -0.05) is 23.9 Å². The molecule has 0 saturated carbocycles. The van der Waals surface area contributed by atoms with Crippen molar-refractivity contribution in [1.82, 2.24) is 14.9 Å². The number of nitrogen functional groups attached to an aromatic ring is 1. The van der Waals surface area contributed by atoms with Gasteiger partial charge in [0, 0.05) is 4.88 Å². The number of nitrogens with two attached hydrogens (primary N) is 1. The van der Waals surface area contributed by atoms with E-state index in [4.69, 9.17) is 15.3 Å². The van der Waals surface area contributed by atoms with Crippen LogP contribution in [0.4, 0.5) is 5.00 Å². The summed E-state index contributed by atoms with van der Waals surface area (Å²) >= 11 is 2.61. The highest BCUT2D eigenvalue weighted by atomic mass is 32.2. The van der Waals surface area contributed by atoms with Crippen LogP contribution in [0.2, 0.25) is 0 Å². The van der Waals surface area contributed by atoms with Crippen molar-refractivity contribution in [3.8, 4) is 17.1 Å². The standard InChI is InChI=1S/C21H23N5O4S2/c1-3-30-20(28)17-13-8-6-10-15(13)32-19(17)23-16(27)11-31-21-25-24-18(26(21)22)12-7-4-5-9-14(12)29-2/h4-5,7,9H,3,6,8,10-11,22H2,1-2H3,(H,23,27). The lowest BCUT2D eigenvalue weighted by Gasteiger charge is -2.09. The summed E-state index contributed by atoms with van der Waals surface area (Å²) in [7, 11) is 1.57. The van der Waals surface area contributed by atoms with Crippen molar-refractivity contribution in [1.29, 1.82) is 0 Å². The number of nitrogens with zero attached hydrogens (tertiary/aromatic N) is 3. The monoisotopic (exact) mass is 473 g/mol. The predicted molar refractivity (Wildman–Crippen MR) is 124 cm³/mol. The molecule has 1 aromatic carbocycles. The van der Waals surface area contributed by atoms with Crippen LogP contribution >= 0.6 is 23.1 Å². The van der Waals surface area contributed by atoms with Gasteiger partial charge in [-0.3, -0.25) is 4.79 Å². The van der Waals surface area contributed by atoms with E-state index in [1.54, 1.807) is 14.0 Å². The molecule has 3 N–H and O–H groups in total. The predicted octanol–water partition coefficient (Wildman–Crippen LogP) is 3.13. The van der Waals surface area contributed by atoms with E-state index in [0.29, 0.717) is 32.9 Å². The Bertz CT molecular complexity index is 1160. The highest BCUT2D eigenvalue weighted by Crippen LogP contribution is 2.39. The minimum Gasteiger partial charge on any atom is -0.496 e. The molecule has 4 rings (SSSR count). The lowest BCUT2D eigenvalue weighted by atomic mass is 10.1. The van der Waals surface area contributed by atoms with Crippen LogP contribution in [0.3, 0.4) is 0 Å². The van der Waals surface area contributed by atoms with Gasteiger partial charge in [-0.25, -0.2) is 9.47 Å². The number of esters is 1. The number of aromatic nitrogens is 3. The number of amides is 1. The van der Waals surface area contributed by atoms with Crippen LogP contribution in [-0.4, -0.2) is 46.2 Å². The van der Waals surface area contributed by atoms with E-state index < -0.39 is 5.97 Å². The molecule has 0 bridgehead atoms. The zero-order valence-electron chi connectivity index (χ0n) is 17.7. The number of ether oxygens (including phenoxy) is 2. The number of benzene rings is 1. The van der Waals surface area contributed by atoms with Crippen molar-refractivity contribution in [3.05, 3.63) is 40.3 Å². The average molecular weight is 474 g/mol. The fourth-order valence-corrected chi connectivity index (χ4v) is 5.54. The Hall–Kier alpha value is -3.05. The largest absolute Gasteiger partial charge is 0.496 e. The Morgan fingerprint density at radius 3 is 2.88 bits per heavy atom. The van der Waals surface area contributed by atoms with Gasteiger partial charge in [0.2, 0.25) is 11.1 Å². The summed E-state index contributed by atoms with van der Waals surface area (Å²) in [6.45, 7) is 2.05. The maximum Gasteiger partial charge on any atom is 0.341 e. The normalized spacial score (nSPS) is 12.4. The molecule has 168 valence electrons. The highest BCUT2D eigenvalue weighted by Gasteiger charge is 2.28. The van der Waals surface area contributed by atoms with Crippen LogP contribution < -0.4 is 15.9 Å². The Balaban J connectivity index is 1.46. The number of hydrogen-bond donors (Lipinski definition) is 2. The quantitative estimate of drug-likeness (QED) is 0.291. The van der Waals surface area contributed by atoms with Gasteiger partial charge in [-0.15, -0.1) is 21.5 Å². The zero-order chi connectivity index (χ0) is 22.7. The molecule has 0 fully saturated rings. The molecule has 0 atom stereocenters. The molecule has 1 aliphatic rings. The fraction of sp³-hybridized carbons (Fsp3) is 0.333. The number of methoxy groups -OCH3 is 1. The molecule has 32 heavy (non-hydrogen) atoms. The first-order valence-electron chi connectivity index (χ1n) is 10.1. The van der Waals surface area contributed by atoms with Gasteiger partial charge < -0.3 is 20.6 Å². The summed E-state index contributed by atoms with van der Waals surface area (Å²) in [6, 6.07) is 7.35. The lowest BCUT2D eigenvalue weighted by molar-refractivity contribution is -0.113. The molecular weight excluding hydrogens is 450 g/mol. The summed E-state index contributed by atoms with van der Waals surface area (Å²) < 4.78 is 11.9. The summed E-state index contributed by atoms with van der Waals surface area (Å²) in [4.78, 5) is 26.2. The molecule has 3 aromatic rings. The van der Waals surface area contributed by atoms with Crippen LogP contribution in [0.15, 0.2) is 29.4 Å². The molecule has 0 saturated heterocycles. The minimum atomic E-state index is -0.391. The number of carbonyl (C=O) groups excluding carboxylic acids is 2. The summed E-state index contributed by atoms with van der Waals surface area (Å²) in [5.74, 6) is 6.64. The first-order chi connectivity index (χ1) is 15.5. The highest BCUT2D eigenvalue weighted by molar-refractivity contribution is 7.99. The van der Waals surface area contributed by atoms with Crippen LogP contribution in [0.25, 0.3) is 11.4 Å². The van der Waals surface area contributed by atoms with Crippen molar-refractivity contribution in [3.63, 3.8) is 0 Å². The van der Waals surface area contributed by atoms with Crippen LogP contribution in [0.1, 0.15) is 34.1 Å². The number of anilines is 1. The molecule has 2 heterocycles. The number of thiophene rings is 1. The third-order valence-electron chi connectivity index (χ3n) is 5.00. The van der Waals surface area contributed by atoms with Crippen LogP contribution in [0, 0.1) is 0 Å². The topological polar surface area (TPSA) is 121 Å². The number of nitrogens with one attached hydrogen (secondary N) is 1. The van der Waals surface area contributed by atoms with E-state index in [1.807, 2.05) is 24.3 Å². The SMILES string of the molecule is CCOC(=O)c1c(NC(=O)CSc2nnc(-c3ccccc3OC)n2N)sc2c1CCC2. The van der Waals surface area contributed by atoms with Crippen molar-refractivity contribution < 1.29 is 19.1 Å². The molecule has 1 aliphatic carbocycles. The first kappa shape index (κ1) is 22.2. The summed E-state index contributed by atoms with van der Waals surface area (Å²) in [5.41, 5.74) is 2.19. The van der Waals surface area contributed by atoms with Crippen LogP contribution in [0.5, 0.6) is 5.75 Å². The molecule has 0 radical (unpaired) electrons. The van der Waals surface area contributed by atoms with Gasteiger partial charge in [0.15, 0.2) is 5.82 Å². The van der Waals surface area contributed by atoms with E-state index in [2.05, 4.69) is 15.5 Å². The summed E-state index contributed by atoms with van der Waals surface area (Å²) in [5, 5.41) is 12.0. The number of hydrogen-bond acceptors (Lipinski definition) is 9. The Morgan fingerprint density at radius 2 is 2.09 bits per heavy atom. The smallest absolute Gasteiger partial charge is 0.341 e. The molecule has 11 heteroatoms. The van der Waals surface area contributed by atoms with Crippen molar-refractivity contribution in [2.24, 2.45) is 0 Å². The molecule has 0 aliphatic heterocycles. The maximum absolute atomic E-state index is 12.6. The van der Waals surface area contributed by atoms with Gasteiger partial charge >= 0.3 is 5.97 Å². The molecule has 2 aromatic heterocycles. The van der Waals surface area contributed by atoms with Gasteiger partial charge in [-0.2, -0.15) is 0 Å². The Kier molecular flexibility index (Phi) is 6.66. The van der Waals surface area contributed by atoms with E-state index >= 15 is 0 Å². The van der Waals surface area contributed by atoms with Crippen LogP contribution in [-0.2, 0) is 22.4 Å². The Labute approximate surface area is 193 Å². The molecular formula is C21H23N5O4S2. The third-order valence-corrected chi connectivity index (χ3v) is 7.15. The third kappa shape index (κ3) is 4.30. The number of aryl methyl sites for hydroxylation is 1. The number of rotatable bonds is 8. The first-order valence-corrected chi connectivity index (χ1v) is 11.9. The maximum atomic E-state index is 12.6. The number of thioether (sulfide) groups is 1. The minimum absolute atomic E-state index is 0.0616. The molecule has 0 spiro atoms. The number of carbonyl (C=O) groups is 2. The van der Waals surface area contributed by atoms with Gasteiger partial charge in [-0.05, 0) is 43.9 Å². The van der Waals surface area contributed by atoms with Crippen molar-refractivity contribution in [2.75, 3.05) is 30.6 Å². The molecule has 9 nitrogen and oxygen atoms in total. The Morgan fingerprint density at radius 1 is 1.28 bits per heavy atom. The number of fused-ring (bicyclic) bond motifs is 1. The second kappa shape index (κ2) is 9.61. The van der Waals surface area contributed by atoms with Gasteiger partial charge in [0.05, 0.1) is 30.6 Å². The van der Waals surface area contributed by atoms with Crippen molar-refractivity contribution >= 4 is 40.0 Å². The summed E-state index contributed by atoms with van der Waals surface area (Å²) in [6.07, 6.45) is 2.75. The van der Waals surface area contributed by atoms with Gasteiger partial charge in [0.1, 0.15) is 10.8 Å². The second-order valence-corrected chi connectivity index (χ2v) is 9.04. The van der Waals surface area contributed by atoms with Gasteiger partial charge in [0.25, 0.3) is 0 Å². The molecule has 1 amide bonds.